The Bertz CT molecular complexity index is 1230. The summed E-state index contributed by atoms with van der Waals surface area (Å²) in [6, 6.07) is 12.4. The Labute approximate surface area is 215 Å². The molecule has 0 aliphatic carbocycles. The average Bonchev–Trinajstić information content (AvgIpc) is 2.80. The third-order valence-corrected chi connectivity index (χ3v) is 6.55. The van der Waals surface area contributed by atoms with Gasteiger partial charge in [-0.3, -0.25) is 9.59 Å². The molecule has 184 valence electrons. The minimum atomic E-state index is -0.326. The standard InChI is InChI=1S/C27H28Cl2N2O4/c1-15-6-7-20(30-24(32)13-34-21-8-16(2)26(28)17(3)9-21)12-23(15)31-25(33)14-35-22-10-18(4)27(29)19(5)11-22/h6-12H,13-14H2,1-5H3,(H,30,32)(H,31,33). The number of carbonyl (C=O) groups excluding carboxylic acids is 2. The van der Waals surface area contributed by atoms with E-state index in [-0.39, 0.29) is 25.0 Å². The second-order valence-electron chi connectivity index (χ2n) is 8.45. The molecule has 0 heterocycles. The van der Waals surface area contributed by atoms with Crippen LogP contribution in [0.2, 0.25) is 10.0 Å². The number of benzene rings is 3. The van der Waals surface area contributed by atoms with Crippen molar-refractivity contribution >= 4 is 46.4 Å². The third-order valence-electron chi connectivity index (χ3n) is 5.36. The van der Waals surface area contributed by atoms with Crippen LogP contribution < -0.4 is 20.1 Å². The summed E-state index contributed by atoms with van der Waals surface area (Å²) in [7, 11) is 0. The normalized spacial score (nSPS) is 10.6. The van der Waals surface area contributed by atoms with Crippen LogP contribution in [0.1, 0.15) is 27.8 Å². The maximum absolute atomic E-state index is 12.5. The van der Waals surface area contributed by atoms with Gasteiger partial charge in [0.25, 0.3) is 11.8 Å². The maximum Gasteiger partial charge on any atom is 0.262 e. The Kier molecular flexibility index (Phi) is 8.65. The van der Waals surface area contributed by atoms with Gasteiger partial charge in [0.2, 0.25) is 0 Å². The third kappa shape index (κ3) is 7.13. The highest BCUT2D eigenvalue weighted by Crippen LogP contribution is 2.27. The van der Waals surface area contributed by atoms with Crippen molar-refractivity contribution in [1.82, 2.24) is 0 Å². The van der Waals surface area contributed by atoms with Crippen molar-refractivity contribution in [3.63, 3.8) is 0 Å². The lowest BCUT2D eigenvalue weighted by Crippen LogP contribution is -2.22. The fourth-order valence-corrected chi connectivity index (χ4v) is 3.71. The molecule has 0 aliphatic heterocycles. The van der Waals surface area contributed by atoms with E-state index in [1.807, 2.05) is 40.7 Å². The predicted molar refractivity (Wildman–Crippen MR) is 141 cm³/mol. The zero-order valence-electron chi connectivity index (χ0n) is 20.3. The average molecular weight is 515 g/mol. The molecule has 8 heteroatoms. The predicted octanol–water partition coefficient (Wildman–Crippen LogP) is 6.57. The first-order valence-corrected chi connectivity index (χ1v) is 11.8. The number of halogens is 2. The van der Waals surface area contributed by atoms with E-state index in [4.69, 9.17) is 32.7 Å². The Hall–Kier alpha value is -3.22. The molecule has 3 aromatic rings. The molecule has 0 aliphatic rings. The lowest BCUT2D eigenvalue weighted by Gasteiger charge is -2.13. The summed E-state index contributed by atoms with van der Waals surface area (Å²) in [6.07, 6.45) is 0. The zero-order valence-corrected chi connectivity index (χ0v) is 21.9. The molecule has 0 bridgehead atoms. The van der Waals surface area contributed by atoms with E-state index >= 15 is 0 Å². The number of nitrogens with one attached hydrogen (secondary N) is 2. The van der Waals surface area contributed by atoms with Crippen LogP contribution in [0.15, 0.2) is 42.5 Å². The molecular weight excluding hydrogens is 487 g/mol. The first-order chi connectivity index (χ1) is 16.5. The highest BCUT2D eigenvalue weighted by molar-refractivity contribution is 6.32. The summed E-state index contributed by atoms with van der Waals surface area (Å²) in [4.78, 5) is 24.9. The molecule has 0 aromatic heterocycles. The minimum absolute atomic E-state index is 0.162. The number of anilines is 2. The van der Waals surface area contributed by atoms with E-state index in [1.165, 1.54) is 0 Å². The zero-order chi connectivity index (χ0) is 25.7. The van der Waals surface area contributed by atoms with Crippen molar-refractivity contribution in [3.8, 4) is 11.5 Å². The van der Waals surface area contributed by atoms with E-state index in [0.29, 0.717) is 32.9 Å². The highest BCUT2D eigenvalue weighted by Gasteiger charge is 2.11. The first kappa shape index (κ1) is 26.4. The topological polar surface area (TPSA) is 76.7 Å². The number of rotatable bonds is 8. The van der Waals surface area contributed by atoms with Crippen LogP contribution in [0.4, 0.5) is 11.4 Å². The summed E-state index contributed by atoms with van der Waals surface area (Å²) >= 11 is 12.4. The Morgan fingerprint density at radius 1 is 0.657 bits per heavy atom. The largest absolute Gasteiger partial charge is 0.484 e. The lowest BCUT2D eigenvalue weighted by atomic mass is 10.1. The van der Waals surface area contributed by atoms with Gasteiger partial charge >= 0.3 is 0 Å². The Balaban J connectivity index is 1.57. The van der Waals surface area contributed by atoms with Gasteiger partial charge in [0, 0.05) is 21.4 Å². The summed E-state index contributed by atoms with van der Waals surface area (Å²) in [5, 5.41) is 6.97. The molecule has 2 N–H and O–H groups in total. The number of amides is 2. The highest BCUT2D eigenvalue weighted by atomic mass is 35.5. The van der Waals surface area contributed by atoms with Crippen LogP contribution in [0.25, 0.3) is 0 Å². The van der Waals surface area contributed by atoms with Crippen molar-refractivity contribution in [2.75, 3.05) is 23.8 Å². The van der Waals surface area contributed by atoms with Gasteiger partial charge in [-0.2, -0.15) is 0 Å². The summed E-state index contributed by atoms with van der Waals surface area (Å²) < 4.78 is 11.2. The molecular formula is C27H28Cl2N2O4. The van der Waals surface area contributed by atoms with Gasteiger partial charge in [-0.25, -0.2) is 0 Å². The van der Waals surface area contributed by atoms with E-state index in [0.717, 1.165) is 27.8 Å². The first-order valence-electron chi connectivity index (χ1n) is 11.0. The van der Waals surface area contributed by atoms with Crippen LogP contribution >= 0.6 is 23.2 Å². The van der Waals surface area contributed by atoms with E-state index in [9.17, 15) is 9.59 Å². The molecule has 0 spiro atoms. The molecule has 35 heavy (non-hydrogen) atoms. The second-order valence-corrected chi connectivity index (χ2v) is 9.20. The molecule has 0 unspecified atom stereocenters. The van der Waals surface area contributed by atoms with E-state index in [1.54, 1.807) is 36.4 Å². The molecule has 6 nitrogen and oxygen atoms in total. The molecule has 0 atom stereocenters. The van der Waals surface area contributed by atoms with Crippen LogP contribution in [-0.2, 0) is 9.59 Å². The molecule has 0 radical (unpaired) electrons. The van der Waals surface area contributed by atoms with Crippen molar-refractivity contribution in [1.29, 1.82) is 0 Å². The Morgan fingerprint density at radius 3 is 1.54 bits per heavy atom. The van der Waals surface area contributed by atoms with Crippen molar-refractivity contribution in [3.05, 3.63) is 80.3 Å². The van der Waals surface area contributed by atoms with Crippen molar-refractivity contribution in [2.24, 2.45) is 0 Å². The van der Waals surface area contributed by atoms with Gasteiger partial charge < -0.3 is 20.1 Å². The molecule has 0 saturated heterocycles. The molecule has 2 amide bonds. The smallest absolute Gasteiger partial charge is 0.262 e. The fourth-order valence-electron chi connectivity index (χ4n) is 3.49. The molecule has 0 fully saturated rings. The van der Waals surface area contributed by atoms with E-state index in [2.05, 4.69) is 10.6 Å². The summed E-state index contributed by atoms with van der Waals surface area (Å²) in [5.74, 6) is 0.498. The van der Waals surface area contributed by atoms with Crippen molar-refractivity contribution < 1.29 is 19.1 Å². The van der Waals surface area contributed by atoms with Gasteiger partial charge in [-0.1, -0.05) is 29.3 Å². The molecule has 3 aromatic carbocycles. The molecule has 0 saturated carbocycles. The Morgan fingerprint density at radius 2 is 1.09 bits per heavy atom. The number of carbonyl (C=O) groups is 2. The van der Waals surface area contributed by atoms with Crippen LogP contribution in [0, 0.1) is 34.6 Å². The van der Waals surface area contributed by atoms with Gasteiger partial charge in [0.15, 0.2) is 13.2 Å². The number of hydrogen-bond donors (Lipinski definition) is 2. The lowest BCUT2D eigenvalue weighted by molar-refractivity contribution is -0.118. The van der Waals surface area contributed by atoms with E-state index < -0.39 is 0 Å². The van der Waals surface area contributed by atoms with Crippen molar-refractivity contribution in [2.45, 2.75) is 34.6 Å². The van der Waals surface area contributed by atoms with Gasteiger partial charge in [0.05, 0.1) is 0 Å². The summed E-state index contributed by atoms with van der Waals surface area (Å²) in [6.45, 7) is 9.07. The fraction of sp³-hybridized carbons (Fsp3) is 0.259. The van der Waals surface area contributed by atoms with Gasteiger partial charge in [-0.15, -0.1) is 0 Å². The monoisotopic (exact) mass is 514 g/mol. The maximum atomic E-state index is 12.5. The number of ether oxygens (including phenoxy) is 2. The van der Waals surface area contributed by atoms with Crippen LogP contribution in [0.3, 0.4) is 0 Å². The van der Waals surface area contributed by atoms with Crippen LogP contribution in [0.5, 0.6) is 11.5 Å². The minimum Gasteiger partial charge on any atom is -0.484 e. The SMILES string of the molecule is Cc1ccc(NC(=O)COc2cc(C)c(Cl)c(C)c2)cc1NC(=O)COc1cc(C)c(Cl)c(C)c1. The number of aryl methyl sites for hydroxylation is 5. The van der Waals surface area contributed by atoms with Crippen LogP contribution in [-0.4, -0.2) is 25.0 Å². The summed E-state index contributed by atoms with van der Waals surface area (Å²) in [5.41, 5.74) is 5.48. The second kappa shape index (κ2) is 11.5. The van der Waals surface area contributed by atoms with Gasteiger partial charge in [0.1, 0.15) is 11.5 Å². The quantitative estimate of drug-likeness (QED) is 0.356. The number of hydrogen-bond acceptors (Lipinski definition) is 4. The molecule has 3 rings (SSSR count). The van der Waals surface area contributed by atoms with Gasteiger partial charge in [-0.05, 0) is 98.8 Å².